The van der Waals surface area contributed by atoms with Gasteiger partial charge in [0.25, 0.3) is 0 Å². The lowest BCUT2D eigenvalue weighted by molar-refractivity contribution is -0.0327. The molecular formula is C10H11ClF3NS. The number of hydrogen-bond donors (Lipinski definition) is 1. The number of benzene rings is 1. The van der Waals surface area contributed by atoms with Crippen molar-refractivity contribution in [2.75, 3.05) is 17.6 Å². The highest BCUT2D eigenvalue weighted by Crippen LogP contribution is 2.29. The van der Waals surface area contributed by atoms with Crippen LogP contribution in [0.5, 0.6) is 0 Å². The van der Waals surface area contributed by atoms with E-state index in [0.29, 0.717) is 5.02 Å². The molecule has 0 aliphatic heterocycles. The van der Waals surface area contributed by atoms with E-state index in [2.05, 4.69) is 5.32 Å². The van der Waals surface area contributed by atoms with Crippen molar-refractivity contribution < 1.29 is 13.2 Å². The van der Waals surface area contributed by atoms with Gasteiger partial charge in [-0.1, -0.05) is 17.7 Å². The summed E-state index contributed by atoms with van der Waals surface area (Å²) < 4.78 is 35.4. The van der Waals surface area contributed by atoms with E-state index in [1.165, 1.54) is 0 Å². The second kappa shape index (κ2) is 5.68. The lowest BCUT2D eigenvalue weighted by atomic mass is 10.2. The van der Waals surface area contributed by atoms with E-state index in [0.717, 1.165) is 11.3 Å². The summed E-state index contributed by atoms with van der Waals surface area (Å²) in [5.41, 5.74) is -2.48. The predicted molar refractivity (Wildman–Crippen MR) is 63.2 cm³/mol. The molecule has 0 aliphatic rings. The van der Waals surface area contributed by atoms with Crippen LogP contribution >= 0.6 is 23.4 Å². The molecule has 0 unspecified atom stereocenters. The van der Waals surface area contributed by atoms with Gasteiger partial charge in [-0.25, -0.2) is 0 Å². The Kier molecular flexibility index (Phi) is 4.80. The maximum absolute atomic E-state index is 11.8. The number of nitrogens with one attached hydrogen (secondary N) is 1. The minimum Gasteiger partial charge on any atom is -0.384 e. The highest BCUT2D eigenvalue weighted by Gasteiger charge is 2.27. The van der Waals surface area contributed by atoms with Gasteiger partial charge in [0, 0.05) is 23.0 Å². The lowest BCUT2D eigenvalue weighted by Gasteiger charge is -2.09. The SMILES string of the molecule is Cc1ccc(NCCSC(F)(F)F)cc1Cl. The minimum absolute atomic E-state index is 0.0189. The van der Waals surface area contributed by atoms with E-state index < -0.39 is 5.51 Å². The van der Waals surface area contributed by atoms with E-state index in [1.54, 1.807) is 12.1 Å². The first-order chi connectivity index (χ1) is 7.38. The lowest BCUT2D eigenvalue weighted by Crippen LogP contribution is -2.09. The first-order valence-corrected chi connectivity index (χ1v) is 5.95. The summed E-state index contributed by atoms with van der Waals surface area (Å²) in [4.78, 5) is 0. The molecule has 0 bridgehead atoms. The zero-order valence-corrected chi connectivity index (χ0v) is 10.1. The van der Waals surface area contributed by atoms with Crippen LogP contribution in [0.15, 0.2) is 18.2 Å². The van der Waals surface area contributed by atoms with Crippen LogP contribution < -0.4 is 5.32 Å². The van der Waals surface area contributed by atoms with Crippen molar-refractivity contribution in [3.63, 3.8) is 0 Å². The summed E-state index contributed by atoms with van der Waals surface area (Å²) in [5, 5.41) is 3.49. The Bertz CT molecular complexity index is 354. The standard InChI is InChI=1S/C10H11ClF3NS/c1-7-2-3-8(6-9(7)11)15-4-5-16-10(12,13)14/h2-3,6,15H,4-5H2,1H3. The summed E-state index contributed by atoms with van der Waals surface area (Å²) in [6.45, 7) is 2.12. The fourth-order valence-electron chi connectivity index (χ4n) is 1.06. The number of anilines is 1. The van der Waals surface area contributed by atoms with Gasteiger partial charge in [0.1, 0.15) is 0 Å². The summed E-state index contributed by atoms with van der Waals surface area (Å²) in [7, 11) is 0. The zero-order valence-electron chi connectivity index (χ0n) is 8.57. The van der Waals surface area contributed by atoms with Crippen LogP contribution in [-0.4, -0.2) is 17.8 Å². The van der Waals surface area contributed by atoms with Gasteiger partial charge >= 0.3 is 5.51 Å². The predicted octanol–water partition coefficient (Wildman–Crippen LogP) is 4.31. The summed E-state index contributed by atoms with van der Waals surface area (Å²) in [5.74, 6) is -0.0189. The molecule has 1 rings (SSSR count). The molecule has 1 nitrogen and oxygen atoms in total. The van der Waals surface area contributed by atoms with Crippen molar-refractivity contribution >= 4 is 29.1 Å². The second-order valence-electron chi connectivity index (χ2n) is 3.18. The van der Waals surface area contributed by atoms with Crippen molar-refractivity contribution in [2.45, 2.75) is 12.4 Å². The van der Waals surface area contributed by atoms with Gasteiger partial charge in [0.2, 0.25) is 0 Å². The third-order valence-corrected chi connectivity index (χ3v) is 3.01. The van der Waals surface area contributed by atoms with Gasteiger partial charge in [-0.05, 0) is 36.4 Å². The number of rotatable bonds is 4. The first-order valence-electron chi connectivity index (χ1n) is 4.59. The van der Waals surface area contributed by atoms with Gasteiger partial charge in [0.15, 0.2) is 0 Å². The largest absolute Gasteiger partial charge is 0.441 e. The van der Waals surface area contributed by atoms with Crippen LogP contribution in [0.4, 0.5) is 18.9 Å². The van der Waals surface area contributed by atoms with Gasteiger partial charge in [-0.3, -0.25) is 0 Å². The number of alkyl halides is 3. The molecule has 16 heavy (non-hydrogen) atoms. The maximum atomic E-state index is 11.8. The molecule has 0 spiro atoms. The first kappa shape index (κ1) is 13.5. The van der Waals surface area contributed by atoms with E-state index in [9.17, 15) is 13.2 Å². The molecule has 1 aromatic carbocycles. The molecule has 6 heteroatoms. The fraction of sp³-hybridized carbons (Fsp3) is 0.400. The number of aryl methyl sites for hydroxylation is 1. The minimum atomic E-state index is -4.16. The maximum Gasteiger partial charge on any atom is 0.441 e. The third kappa shape index (κ3) is 4.99. The molecule has 0 aliphatic carbocycles. The molecule has 0 amide bonds. The highest BCUT2D eigenvalue weighted by atomic mass is 35.5. The Morgan fingerprint density at radius 1 is 1.38 bits per heavy atom. The van der Waals surface area contributed by atoms with Crippen molar-refractivity contribution in [3.8, 4) is 0 Å². The van der Waals surface area contributed by atoms with Crippen LogP contribution in [0, 0.1) is 6.92 Å². The number of halogens is 4. The number of thioether (sulfide) groups is 1. The van der Waals surface area contributed by atoms with Crippen molar-refractivity contribution in [2.24, 2.45) is 0 Å². The smallest absolute Gasteiger partial charge is 0.384 e. The summed E-state index contributed by atoms with van der Waals surface area (Å²) in [6, 6.07) is 5.32. The third-order valence-electron chi connectivity index (χ3n) is 1.87. The second-order valence-corrected chi connectivity index (χ2v) is 4.75. The molecule has 0 aromatic heterocycles. The van der Waals surface area contributed by atoms with Crippen molar-refractivity contribution in [1.29, 1.82) is 0 Å². The molecule has 0 saturated heterocycles. The van der Waals surface area contributed by atoms with Crippen molar-refractivity contribution in [3.05, 3.63) is 28.8 Å². The molecule has 0 atom stereocenters. The van der Waals surface area contributed by atoms with Crippen molar-refractivity contribution in [1.82, 2.24) is 0 Å². The quantitative estimate of drug-likeness (QED) is 0.818. The zero-order chi connectivity index (χ0) is 12.2. The summed E-state index contributed by atoms with van der Waals surface area (Å²) >= 11 is 5.84. The van der Waals surface area contributed by atoms with Crippen LogP contribution in [0.1, 0.15) is 5.56 Å². The molecule has 0 radical (unpaired) electrons. The average molecular weight is 270 g/mol. The van der Waals surface area contributed by atoms with E-state index in [1.807, 2.05) is 13.0 Å². The molecule has 0 heterocycles. The molecule has 1 aromatic rings. The van der Waals surface area contributed by atoms with Gasteiger partial charge in [-0.2, -0.15) is 13.2 Å². The van der Waals surface area contributed by atoms with Crippen LogP contribution in [0.2, 0.25) is 5.02 Å². The molecule has 1 N–H and O–H groups in total. The Labute approximate surface area is 101 Å². The molecular weight excluding hydrogens is 259 g/mol. The molecule has 90 valence electrons. The Hall–Kier alpha value is -0.550. The Balaban J connectivity index is 2.35. The van der Waals surface area contributed by atoms with Gasteiger partial charge < -0.3 is 5.32 Å². The summed E-state index contributed by atoms with van der Waals surface area (Å²) in [6.07, 6.45) is 0. The van der Waals surface area contributed by atoms with Crippen LogP contribution in [0.25, 0.3) is 0 Å². The molecule has 0 fully saturated rings. The normalized spacial score (nSPS) is 11.6. The monoisotopic (exact) mass is 269 g/mol. The van der Waals surface area contributed by atoms with Crippen LogP contribution in [-0.2, 0) is 0 Å². The Morgan fingerprint density at radius 2 is 2.06 bits per heavy atom. The van der Waals surface area contributed by atoms with Gasteiger partial charge in [0.05, 0.1) is 0 Å². The van der Waals surface area contributed by atoms with E-state index in [4.69, 9.17) is 11.6 Å². The number of hydrogen-bond acceptors (Lipinski definition) is 2. The van der Waals surface area contributed by atoms with Crippen LogP contribution in [0.3, 0.4) is 0 Å². The molecule has 0 saturated carbocycles. The Morgan fingerprint density at radius 3 is 2.62 bits per heavy atom. The van der Waals surface area contributed by atoms with E-state index >= 15 is 0 Å². The van der Waals surface area contributed by atoms with E-state index in [-0.39, 0.29) is 24.1 Å². The van der Waals surface area contributed by atoms with Gasteiger partial charge in [-0.15, -0.1) is 0 Å². The average Bonchev–Trinajstić information content (AvgIpc) is 2.17. The fourth-order valence-corrected chi connectivity index (χ4v) is 1.68. The highest BCUT2D eigenvalue weighted by molar-refractivity contribution is 8.00. The topological polar surface area (TPSA) is 12.0 Å².